The molecule has 0 amide bonds. The van der Waals surface area contributed by atoms with Gasteiger partial charge in [-0.25, -0.2) is 8.78 Å². The van der Waals surface area contributed by atoms with Crippen LogP contribution >= 0.6 is 0 Å². The van der Waals surface area contributed by atoms with E-state index < -0.39 is 0 Å². The van der Waals surface area contributed by atoms with Crippen LogP contribution in [-0.4, -0.2) is 6.54 Å². The Hall–Kier alpha value is -1.94. The zero-order valence-electron chi connectivity index (χ0n) is 11.6. The smallest absolute Gasteiger partial charge is 0.147 e. The summed E-state index contributed by atoms with van der Waals surface area (Å²) in [7, 11) is 0. The van der Waals surface area contributed by atoms with Crippen LogP contribution in [0.3, 0.4) is 0 Å². The average molecular weight is 276 g/mol. The molecule has 0 aliphatic rings. The van der Waals surface area contributed by atoms with Crippen molar-refractivity contribution in [3.05, 3.63) is 59.7 Å². The van der Waals surface area contributed by atoms with Gasteiger partial charge in [0.2, 0.25) is 0 Å². The fraction of sp³-hybridized carbons (Fsp3) is 0.250. The molecule has 0 saturated carbocycles. The number of para-hydroxylation sites is 1. The van der Waals surface area contributed by atoms with Crippen molar-refractivity contribution in [2.75, 3.05) is 11.4 Å². The van der Waals surface area contributed by atoms with Gasteiger partial charge >= 0.3 is 0 Å². The second-order valence-corrected chi connectivity index (χ2v) is 4.69. The lowest BCUT2D eigenvalue weighted by atomic mass is 10.0. The quantitative estimate of drug-likeness (QED) is 0.909. The van der Waals surface area contributed by atoms with E-state index >= 15 is 0 Å². The lowest BCUT2D eigenvalue weighted by Crippen LogP contribution is -2.21. The van der Waals surface area contributed by atoms with E-state index in [9.17, 15) is 8.78 Å². The number of rotatable bonds is 4. The van der Waals surface area contributed by atoms with Crippen molar-refractivity contribution in [3.63, 3.8) is 0 Å². The first-order valence-corrected chi connectivity index (χ1v) is 6.61. The zero-order valence-corrected chi connectivity index (χ0v) is 11.6. The molecule has 2 nitrogen and oxygen atoms in total. The molecule has 0 aromatic heterocycles. The Morgan fingerprint density at radius 1 is 1.10 bits per heavy atom. The van der Waals surface area contributed by atoms with E-state index in [1.54, 1.807) is 23.1 Å². The maximum Gasteiger partial charge on any atom is 0.147 e. The summed E-state index contributed by atoms with van der Waals surface area (Å²) >= 11 is 0. The maximum atomic E-state index is 14.2. The van der Waals surface area contributed by atoms with Crippen LogP contribution < -0.4 is 10.6 Å². The zero-order chi connectivity index (χ0) is 14.7. The molecule has 2 N–H and O–H groups in total. The van der Waals surface area contributed by atoms with Crippen LogP contribution in [0.5, 0.6) is 0 Å². The fourth-order valence-electron chi connectivity index (χ4n) is 2.28. The third-order valence-corrected chi connectivity index (χ3v) is 3.23. The first-order valence-electron chi connectivity index (χ1n) is 6.61. The lowest BCUT2D eigenvalue weighted by molar-refractivity contribution is 0.619. The molecule has 0 aliphatic carbocycles. The van der Waals surface area contributed by atoms with Gasteiger partial charge in [0.05, 0.1) is 5.69 Å². The predicted octanol–water partition coefficient (Wildman–Crippen LogP) is 4.14. The fourth-order valence-corrected chi connectivity index (χ4v) is 2.28. The van der Waals surface area contributed by atoms with Crippen molar-refractivity contribution >= 4 is 11.4 Å². The Kier molecular flexibility index (Phi) is 4.35. The molecule has 0 aliphatic heterocycles. The summed E-state index contributed by atoms with van der Waals surface area (Å²) in [5.74, 6) is -0.642. The molecule has 0 spiro atoms. The molecule has 0 heterocycles. The first-order chi connectivity index (χ1) is 9.54. The molecule has 0 bridgehead atoms. The number of anilines is 2. The summed E-state index contributed by atoms with van der Waals surface area (Å²) in [6.45, 7) is 4.30. The number of nitrogens with two attached hydrogens (primary N) is 1. The minimum absolute atomic E-state index is 0.282. The van der Waals surface area contributed by atoms with Crippen LogP contribution in [0.25, 0.3) is 0 Å². The van der Waals surface area contributed by atoms with Gasteiger partial charge in [-0.15, -0.1) is 0 Å². The molecular formula is C16H18F2N2. The van der Waals surface area contributed by atoms with Gasteiger partial charge in [0.15, 0.2) is 0 Å². The lowest BCUT2D eigenvalue weighted by Gasteiger charge is -2.27. The van der Waals surface area contributed by atoms with Crippen LogP contribution in [0.2, 0.25) is 0 Å². The van der Waals surface area contributed by atoms with Crippen LogP contribution in [-0.2, 0) is 0 Å². The van der Waals surface area contributed by atoms with Crippen molar-refractivity contribution in [1.29, 1.82) is 0 Å². The van der Waals surface area contributed by atoms with Crippen molar-refractivity contribution in [2.45, 2.75) is 19.9 Å². The highest BCUT2D eigenvalue weighted by molar-refractivity contribution is 5.67. The van der Waals surface area contributed by atoms with E-state index in [-0.39, 0.29) is 17.7 Å². The molecule has 2 rings (SSSR count). The highest BCUT2D eigenvalue weighted by atomic mass is 19.1. The van der Waals surface area contributed by atoms with Crippen molar-refractivity contribution in [2.24, 2.45) is 5.73 Å². The van der Waals surface area contributed by atoms with Crippen molar-refractivity contribution in [1.82, 2.24) is 0 Å². The van der Waals surface area contributed by atoms with Gasteiger partial charge in [-0.1, -0.05) is 12.1 Å². The van der Waals surface area contributed by atoms with Gasteiger partial charge in [-0.2, -0.15) is 0 Å². The Labute approximate surface area is 117 Å². The molecule has 0 saturated heterocycles. The SMILES string of the molecule is CCN(c1ccc(F)cc1)c1c(F)cccc1[C@@H](C)N. The van der Waals surface area contributed by atoms with E-state index in [0.29, 0.717) is 12.2 Å². The molecule has 0 fully saturated rings. The van der Waals surface area contributed by atoms with Gasteiger partial charge in [-0.3, -0.25) is 0 Å². The second kappa shape index (κ2) is 6.01. The largest absolute Gasteiger partial charge is 0.339 e. The van der Waals surface area contributed by atoms with E-state index in [0.717, 1.165) is 11.3 Å². The van der Waals surface area contributed by atoms with E-state index in [2.05, 4.69) is 0 Å². The van der Waals surface area contributed by atoms with E-state index in [1.165, 1.54) is 18.2 Å². The minimum Gasteiger partial charge on any atom is -0.339 e. The monoisotopic (exact) mass is 276 g/mol. The van der Waals surface area contributed by atoms with Crippen molar-refractivity contribution in [3.8, 4) is 0 Å². The van der Waals surface area contributed by atoms with Gasteiger partial charge in [0.1, 0.15) is 11.6 Å². The summed E-state index contributed by atoms with van der Waals surface area (Å²) in [5, 5.41) is 0. The summed E-state index contributed by atoms with van der Waals surface area (Å²) in [5.41, 5.74) is 7.85. The number of hydrogen-bond donors (Lipinski definition) is 1. The topological polar surface area (TPSA) is 29.3 Å². The summed E-state index contributed by atoms with van der Waals surface area (Å²) in [6, 6.07) is 10.6. The minimum atomic E-state index is -0.328. The van der Waals surface area contributed by atoms with E-state index in [1.807, 2.05) is 19.9 Å². The maximum absolute atomic E-state index is 14.2. The standard InChI is InChI=1S/C16H18F2N2/c1-3-20(13-9-7-12(17)8-10-13)16-14(11(2)19)5-4-6-15(16)18/h4-11H,3,19H2,1-2H3/t11-/m1/s1. The van der Waals surface area contributed by atoms with E-state index in [4.69, 9.17) is 5.73 Å². The number of nitrogens with zero attached hydrogens (tertiary/aromatic N) is 1. The molecule has 1 atom stereocenters. The molecule has 106 valence electrons. The molecule has 0 radical (unpaired) electrons. The highest BCUT2D eigenvalue weighted by Crippen LogP contribution is 2.33. The number of hydrogen-bond acceptors (Lipinski definition) is 2. The Bertz CT molecular complexity index is 580. The van der Waals surface area contributed by atoms with Crippen molar-refractivity contribution < 1.29 is 8.78 Å². The third-order valence-electron chi connectivity index (χ3n) is 3.23. The van der Waals surface area contributed by atoms with Gasteiger partial charge in [0.25, 0.3) is 0 Å². The predicted molar refractivity (Wildman–Crippen MR) is 78.1 cm³/mol. The summed E-state index contributed by atoms with van der Waals surface area (Å²) in [4.78, 5) is 1.80. The normalized spacial score (nSPS) is 12.2. The summed E-state index contributed by atoms with van der Waals surface area (Å²) in [6.07, 6.45) is 0. The van der Waals surface area contributed by atoms with Gasteiger partial charge in [-0.05, 0) is 49.7 Å². The second-order valence-electron chi connectivity index (χ2n) is 4.69. The van der Waals surface area contributed by atoms with Crippen LogP contribution in [0.1, 0.15) is 25.5 Å². The molecule has 0 unspecified atom stereocenters. The molecular weight excluding hydrogens is 258 g/mol. The molecule has 20 heavy (non-hydrogen) atoms. The Balaban J connectivity index is 2.54. The van der Waals surface area contributed by atoms with Crippen LogP contribution in [0.4, 0.5) is 20.2 Å². The molecule has 2 aromatic rings. The summed E-state index contributed by atoms with van der Waals surface area (Å²) < 4.78 is 27.3. The average Bonchev–Trinajstić information content (AvgIpc) is 2.43. The van der Waals surface area contributed by atoms with Crippen LogP contribution in [0.15, 0.2) is 42.5 Å². The Morgan fingerprint density at radius 3 is 2.30 bits per heavy atom. The third kappa shape index (κ3) is 2.80. The first kappa shape index (κ1) is 14.5. The van der Waals surface area contributed by atoms with Crippen LogP contribution in [0, 0.1) is 11.6 Å². The molecule has 2 aromatic carbocycles. The molecule has 4 heteroatoms. The Morgan fingerprint density at radius 2 is 1.75 bits per heavy atom. The van der Waals surface area contributed by atoms with Gasteiger partial charge in [0, 0.05) is 18.3 Å². The van der Waals surface area contributed by atoms with Gasteiger partial charge < -0.3 is 10.6 Å². The number of halogens is 2. The number of benzene rings is 2. The highest BCUT2D eigenvalue weighted by Gasteiger charge is 2.18.